The number of benzene rings is 2. The Morgan fingerprint density at radius 3 is 2.69 bits per heavy atom. The third-order valence-electron chi connectivity index (χ3n) is 6.20. The number of imidazole rings is 1. The van der Waals surface area contributed by atoms with Crippen molar-refractivity contribution < 1.29 is 27.1 Å². The highest BCUT2D eigenvalue weighted by Gasteiger charge is 2.28. The SMILES string of the molecule is CCN(Cc1cnc(S(=O)(=O)Cc2ccc(F)cc2)n1C[C@@H]1CCCO1)C(=O)c1cccc(OC)c1. The number of halogens is 1. The molecule has 2 heterocycles. The first kappa shape index (κ1) is 25.8. The lowest BCUT2D eigenvalue weighted by Gasteiger charge is -2.23. The molecule has 192 valence electrons. The highest BCUT2D eigenvalue weighted by atomic mass is 32.2. The van der Waals surface area contributed by atoms with E-state index < -0.39 is 15.7 Å². The maximum absolute atomic E-state index is 13.4. The van der Waals surface area contributed by atoms with Crippen molar-refractivity contribution in [1.82, 2.24) is 14.5 Å². The Kier molecular flexibility index (Phi) is 8.05. The Hall–Kier alpha value is -3.24. The van der Waals surface area contributed by atoms with Crippen LogP contribution in [0.2, 0.25) is 0 Å². The molecule has 2 aromatic carbocycles. The summed E-state index contributed by atoms with van der Waals surface area (Å²) in [6.45, 7) is 3.40. The molecule has 1 aromatic heterocycles. The second-order valence-corrected chi connectivity index (χ2v) is 10.6. The average Bonchev–Trinajstić information content (AvgIpc) is 3.54. The topological polar surface area (TPSA) is 90.7 Å². The van der Waals surface area contributed by atoms with Gasteiger partial charge in [-0.05, 0) is 55.7 Å². The molecule has 1 saturated heterocycles. The van der Waals surface area contributed by atoms with E-state index in [2.05, 4.69) is 4.98 Å². The van der Waals surface area contributed by atoms with Gasteiger partial charge in [-0.3, -0.25) is 4.79 Å². The second kappa shape index (κ2) is 11.2. The van der Waals surface area contributed by atoms with Crippen LogP contribution in [0.5, 0.6) is 5.75 Å². The molecule has 0 radical (unpaired) electrons. The van der Waals surface area contributed by atoms with Gasteiger partial charge in [0.05, 0.1) is 43.9 Å². The fourth-order valence-corrected chi connectivity index (χ4v) is 5.78. The van der Waals surface area contributed by atoms with Crippen LogP contribution in [-0.2, 0) is 33.4 Å². The van der Waals surface area contributed by atoms with Crippen molar-refractivity contribution in [3.63, 3.8) is 0 Å². The van der Waals surface area contributed by atoms with Gasteiger partial charge >= 0.3 is 0 Å². The number of hydrogen-bond donors (Lipinski definition) is 0. The third-order valence-corrected chi connectivity index (χ3v) is 7.79. The van der Waals surface area contributed by atoms with Crippen LogP contribution < -0.4 is 4.74 Å². The number of methoxy groups -OCH3 is 1. The van der Waals surface area contributed by atoms with Crippen molar-refractivity contribution in [3.8, 4) is 5.75 Å². The third kappa shape index (κ3) is 5.93. The number of hydrogen-bond acceptors (Lipinski definition) is 6. The minimum Gasteiger partial charge on any atom is -0.497 e. The zero-order chi connectivity index (χ0) is 25.7. The van der Waals surface area contributed by atoms with Gasteiger partial charge in [0, 0.05) is 18.7 Å². The smallest absolute Gasteiger partial charge is 0.254 e. The fourth-order valence-electron chi connectivity index (χ4n) is 4.28. The lowest BCUT2D eigenvalue weighted by molar-refractivity contribution is 0.0741. The van der Waals surface area contributed by atoms with Gasteiger partial charge in [0.25, 0.3) is 5.91 Å². The van der Waals surface area contributed by atoms with Crippen LogP contribution in [0.15, 0.2) is 59.9 Å². The molecule has 0 aliphatic carbocycles. The first-order chi connectivity index (χ1) is 17.3. The molecule has 0 spiro atoms. The molecule has 1 aliphatic rings. The number of carbonyl (C=O) groups excluding carboxylic acids is 1. The zero-order valence-corrected chi connectivity index (χ0v) is 21.2. The first-order valence-corrected chi connectivity index (χ1v) is 13.5. The molecule has 0 bridgehead atoms. The Labute approximate surface area is 210 Å². The van der Waals surface area contributed by atoms with Gasteiger partial charge in [-0.2, -0.15) is 0 Å². The zero-order valence-electron chi connectivity index (χ0n) is 20.4. The van der Waals surface area contributed by atoms with Crippen LogP contribution in [0.25, 0.3) is 0 Å². The number of amides is 1. The predicted octanol–water partition coefficient (Wildman–Crippen LogP) is 3.85. The summed E-state index contributed by atoms with van der Waals surface area (Å²) in [5, 5.41) is -0.0813. The van der Waals surface area contributed by atoms with E-state index in [9.17, 15) is 17.6 Å². The predicted molar refractivity (Wildman–Crippen MR) is 132 cm³/mol. The molecule has 8 nitrogen and oxygen atoms in total. The molecule has 36 heavy (non-hydrogen) atoms. The molecule has 1 amide bonds. The van der Waals surface area contributed by atoms with Gasteiger partial charge in [0.15, 0.2) is 0 Å². The van der Waals surface area contributed by atoms with Crippen molar-refractivity contribution in [1.29, 1.82) is 0 Å². The highest BCUT2D eigenvalue weighted by Crippen LogP contribution is 2.23. The summed E-state index contributed by atoms with van der Waals surface area (Å²) < 4.78 is 52.7. The van der Waals surface area contributed by atoms with Crippen LogP contribution in [-0.4, -0.2) is 55.1 Å². The first-order valence-electron chi connectivity index (χ1n) is 11.9. The van der Waals surface area contributed by atoms with E-state index in [1.54, 1.807) is 40.8 Å². The van der Waals surface area contributed by atoms with Gasteiger partial charge in [-0.25, -0.2) is 17.8 Å². The number of ether oxygens (including phenoxy) is 2. The molecule has 4 rings (SSSR count). The van der Waals surface area contributed by atoms with E-state index in [4.69, 9.17) is 9.47 Å². The Morgan fingerprint density at radius 1 is 1.25 bits per heavy atom. The summed E-state index contributed by atoms with van der Waals surface area (Å²) in [4.78, 5) is 19.2. The van der Waals surface area contributed by atoms with Crippen LogP contribution in [0.1, 0.15) is 41.4 Å². The highest BCUT2D eigenvalue weighted by molar-refractivity contribution is 7.90. The van der Waals surface area contributed by atoms with Crippen molar-refractivity contribution >= 4 is 15.7 Å². The summed E-state index contributed by atoms with van der Waals surface area (Å²) in [5.41, 5.74) is 1.54. The van der Waals surface area contributed by atoms with E-state index >= 15 is 0 Å². The molecule has 0 unspecified atom stereocenters. The molecule has 0 N–H and O–H groups in total. The van der Waals surface area contributed by atoms with Gasteiger partial charge < -0.3 is 18.9 Å². The van der Waals surface area contributed by atoms with E-state index in [1.165, 1.54) is 30.5 Å². The summed E-state index contributed by atoms with van der Waals surface area (Å²) in [5.74, 6) is -0.361. The van der Waals surface area contributed by atoms with Gasteiger partial charge in [-0.1, -0.05) is 18.2 Å². The van der Waals surface area contributed by atoms with Crippen LogP contribution >= 0.6 is 0 Å². The van der Waals surface area contributed by atoms with Crippen LogP contribution in [0.3, 0.4) is 0 Å². The quantitative estimate of drug-likeness (QED) is 0.408. The fraction of sp³-hybridized carbons (Fsp3) is 0.385. The van der Waals surface area contributed by atoms with E-state index in [1.807, 2.05) is 6.92 Å². The molecule has 3 aromatic rings. The average molecular weight is 516 g/mol. The minimum atomic E-state index is -3.85. The Morgan fingerprint density at radius 2 is 2.03 bits per heavy atom. The summed E-state index contributed by atoms with van der Waals surface area (Å²) in [7, 11) is -2.31. The summed E-state index contributed by atoms with van der Waals surface area (Å²) in [6, 6.07) is 12.3. The lowest BCUT2D eigenvalue weighted by Crippen LogP contribution is -2.32. The van der Waals surface area contributed by atoms with Gasteiger partial charge in [0.1, 0.15) is 11.6 Å². The molecule has 10 heteroatoms. The second-order valence-electron chi connectivity index (χ2n) is 8.71. The van der Waals surface area contributed by atoms with E-state index in [-0.39, 0.29) is 29.5 Å². The molecule has 0 saturated carbocycles. The summed E-state index contributed by atoms with van der Waals surface area (Å²) >= 11 is 0. The lowest BCUT2D eigenvalue weighted by atomic mass is 10.2. The number of aromatic nitrogens is 2. The van der Waals surface area contributed by atoms with Crippen LogP contribution in [0.4, 0.5) is 4.39 Å². The summed E-state index contributed by atoms with van der Waals surface area (Å²) in [6.07, 6.45) is 3.09. The monoisotopic (exact) mass is 515 g/mol. The minimum absolute atomic E-state index is 0.0813. The molecular formula is C26H30FN3O5S. The maximum Gasteiger partial charge on any atom is 0.254 e. The molecular weight excluding hydrogens is 485 g/mol. The molecule has 1 fully saturated rings. The number of rotatable bonds is 10. The maximum atomic E-state index is 13.4. The normalized spacial score (nSPS) is 15.7. The number of nitrogens with zero attached hydrogens (tertiary/aromatic N) is 3. The number of carbonyl (C=O) groups is 1. The van der Waals surface area contributed by atoms with Gasteiger partial charge in [-0.15, -0.1) is 0 Å². The molecule has 1 aliphatic heterocycles. The standard InChI is InChI=1S/C26H30FN3O5S/c1-3-29(25(31)20-6-4-7-23(14-20)34-2)16-22-15-28-26(30(22)17-24-8-5-13-35-24)36(32,33)18-19-9-11-21(27)12-10-19/h4,6-7,9-12,14-15,24H,3,5,8,13,16-18H2,1-2H3/t24-/m0/s1. The van der Waals surface area contributed by atoms with Crippen molar-refractivity contribution in [2.45, 2.75) is 49.9 Å². The van der Waals surface area contributed by atoms with Crippen molar-refractivity contribution in [3.05, 3.63) is 77.4 Å². The molecule has 1 atom stereocenters. The van der Waals surface area contributed by atoms with Crippen molar-refractivity contribution in [2.75, 3.05) is 20.3 Å². The number of sulfone groups is 1. The van der Waals surface area contributed by atoms with Crippen molar-refractivity contribution in [2.24, 2.45) is 0 Å². The van der Waals surface area contributed by atoms with Crippen LogP contribution in [0, 0.1) is 5.82 Å². The van der Waals surface area contributed by atoms with Gasteiger partial charge in [0.2, 0.25) is 15.0 Å². The van der Waals surface area contributed by atoms with E-state index in [0.29, 0.717) is 42.3 Å². The van der Waals surface area contributed by atoms with E-state index in [0.717, 1.165) is 12.8 Å². The Balaban J connectivity index is 1.64. The Bertz CT molecular complexity index is 1300. The largest absolute Gasteiger partial charge is 0.497 e.